The van der Waals surface area contributed by atoms with Gasteiger partial charge in [-0.1, -0.05) is 18.2 Å². The third-order valence-electron chi connectivity index (χ3n) is 5.09. The summed E-state index contributed by atoms with van der Waals surface area (Å²) < 4.78 is 39.2. The lowest BCUT2D eigenvalue weighted by Gasteiger charge is -2.30. The number of rotatable bonds is 4. The highest BCUT2D eigenvalue weighted by atomic mass is 19.4. The quantitative estimate of drug-likeness (QED) is 0.640. The molecule has 1 saturated carbocycles. The van der Waals surface area contributed by atoms with E-state index in [1.807, 2.05) is 18.3 Å². The van der Waals surface area contributed by atoms with Crippen molar-refractivity contribution in [2.75, 3.05) is 0 Å². The molecule has 1 atom stereocenters. The van der Waals surface area contributed by atoms with E-state index in [0.29, 0.717) is 11.1 Å². The van der Waals surface area contributed by atoms with Gasteiger partial charge in [-0.25, -0.2) is 0 Å². The van der Waals surface area contributed by atoms with Gasteiger partial charge in [-0.05, 0) is 61.0 Å². The van der Waals surface area contributed by atoms with Crippen LogP contribution in [0.25, 0.3) is 10.9 Å². The Labute approximate surface area is 154 Å². The van der Waals surface area contributed by atoms with Crippen molar-refractivity contribution >= 4 is 16.8 Å². The van der Waals surface area contributed by atoms with Gasteiger partial charge in [0.25, 0.3) is 5.91 Å². The van der Waals surface area contributed by atoms with E-state index in [2.05, 4.69) is 4.98 Å². The maximum Gasteiger partial charge on any atom is 0.416 e. The lowest BCUT2D eigenvalue weighted by atomic mass is 10.0. The fourth-order valence-corrected chi connectivity index (χ4v) is 3.48. The molecule has 4 rings (SSSR count). The third-order valence-corrected chi connectivity index (χ3v) is 5.09. The monoisotopic (exact) mass is 372 g/mol. The Morgan fingerprint density at radius 1 is 1.15 bits per heavy atom. The van der Waals surface area contributed by atoms with E-state index in [-0.39, 0.29) is 11.9 Å². The van der Waals surface area contributed by atoms with Gasteiger partial charge in [-0.15, -0.1) is 0 Å². The summed E-state index contributed by atoms with van der Waals surface area (Å²) >= 11 is 0. The van der Waals surface area contributed by atoms with Crippen molar-refractivity contribution in [1.82, 2.24) is 9.88 Å². The number of halogens is 3. The molecule has 6 heteroatoms. The van der Waals surface area contributed by atoms with Crippen molar-refractivity contribution in [1.29, 1.82) is 0 Å². The molecule has 1 aliphatic carbocycles. The summed E-state index contributed by atoms with van der Waals surface area (Å²) in [5.74, 6) is -0.154. The SMILES string of the molecule is C[C@@H](c1cccc(C(F)(F)F)c1)N(C(=O)c1ccc2cc[nH]c2c1)C1CC1. The zero-order chi connectivity index (χ0) is 19.2. The van der Waals surface area contributed by atoms with Gasteiger partial charge in [-0.3, -0.25) is 4.79 Å². The Balaban J connectivity index is 1.67. The second kappa shape index (κ2) is 6.44. The highest BCUT2D eigenvalue weighted by Gasteiger charge is 2.38. The number of hydrogen-bond acceptors (Lipinski definition) is 1. The molecule has 0 aliphatic heterocycles. The summed E-state index contributed by atoms with van der Waals surface area (Å²) in [6.45, 7) is 1.79. The average Bonchev–Trinajstić information content (AvgIpc) is 3.36. The molecule has 0 spiro atoms. The third kappa shape index (κ3) is 3.44. The first-order valence-corrected chi connectivity index (χ1v) is 8.91. The highest BCUT2D eigenvalue weighted by molar-refractivity contribution is 5.98. The number of H-pyrrole nitrogens is 1. The van der Waals surface area contributed by atoms with E-state index in [1.54, 1.807) is 30.0 Å². The number of nitrogens with zero attached hydrogens (tertiary/aromatic N) is 1. The molecule has 140 valence electrons. The summed E-state index contributed by atoms with van der Waals surface area (Å²) in [4.78, 5) is 18.0. The maximum atomic E-state index is 13.2. The van der Waals surface area contributed by atoms with Crippen LogP contribution in [0, 0.1) is 0 Å². The van der Waals surface area contributed by atoms with E-state index in [9.17, 15) is 18.0 Å². The highest BCUT2D eigenvalue weighted by Crippen LogP contribution is 2.37. The van der Waals surface area contributed by atoms with Crippen LogP contribution >= 0.6 is 0 Å². The first-order valence-electron chi connectivity index (χ1n) is 8.91. The number of carbonyl (C=O) groups is 1. The van der Waals surface area contributed by atoms with E-state index in [0.717, 1.165) is 35.9 Å². The molecule has 1 amide bonds. The minimum atomic E-state index is -4.40. The van der Waals surface area contributed by atoms with Crippen LogP contribution in [-0.4, -0.2) is 21.8 Å². The minimum Gasteiger partial charge on any atom is -0.361 e. The van der Waals surface area contributed by atoms with Gasteiger partial charge >= 0.3 is 6.18 Å². The lowest BCUT2D eigenvalue weighted by Crippen LogP contribution is -2.35. The number of amides is 1. The van der Waals surface area contributed by atoms with Crippen molar-refractivity contribution in [2.45, 2.75) is 38.0 Å². The van der Waals surface area contributed by atoms with Gasteiger partial charge in [0, 0.05) is 23.3 Å². The summed E-state index contributed by atoms with van der Waals surface area (Å²) in [7, 11) is 0. The van der Waals surface area contributed by atoms with Crippen LogP contribution < -0.4 is 0 Å². The molecular weight excluding hydrogens is 353 g/mol. The molecule has 3 aromatic rings. The summed E-state index contributed by atoms with van der Waals surface area (Å²) in [6, 6.07) is 12.2. The minimum absolute atomic E-state index is 0.0707. The molecule has 1 N–H and O–H groups in total. The second-order valence-electron chi connectivity index (χ2n) is 7.02. The summed E-state index contributed by atoms with van der Waals surface area (Å²) in [5, 5.41) is 1.01. The Bertz CT molecular complexity index is 988. The van der Waals surface area contributed by atoms with Gasteiger partial charge < -0.3 is 9.88 Å². The second-order valence-corrected chi connectivity index (χ2v) is 7.02. The maximum absolute atomic E-state index is 13.2. The number of benzene rings is 2. The molecule has 0 saturated heterocycles. The molecular formula is C21H19F3N2O. The lowest BCUT2D eigenvalue weighted by molar-refractivity contribution is -0.137. The molecule has 27 heavy (non-hydrogen) atoms. The molecule has 3 nitrogen and oxygen atoms in total. The van der Waals surface area contributed by atoms with Crippen molar-refractivity contribution in [3.8, 4) is 0 Å². The predicted octanol–water partition coefficient (Wildman–Crippen LogP) is 5.55. The van der Waals surface area contributed by atoms with Crippen LogP contribution in [0.2, 0.25) is 0 Å². The van der Waals surface area contributed by atoms with E-state index in [4.69, 9.17) is 0 Å². The van der Waals surface area contributed by atoms with Crippen molar-refractivity contribution < 1.29 is 18.0 Å². The molecule has 0 bridgehead atoms. The van der Waals surface area contributed by atoms with Gasteiger partial charge in [0.1, 0.15) is 0 Å². The summed E-state index contributed by atoms with van der Waals surface area (Å²) in [5.41, 5.74) is 1.20. The molecule has 1 fully saturated rings. The Kier molecular flexibility index (Phi) is 4.21. The number of alkyl halides is 3. The van der Waals surface area contributed by atoms with Crippen LogP contribution in [0.1, 0.15) is 47.3 Å². The van der Waals surface area contributed by atoms with Crippen molar-refractivity contribution in [2.24, 2.45) is 0 Å². The number of carbonyl (C=O) groups excluding carboxylic acids is 1. The number of aromatic amines is 1. The van der Waals surface area contributed by atoms with Crippen LogP contribution in [-0.2, 0) is 6.18 Å². The average molecular weight is 372 g/mol. The van der Waals surface area contributed by atoms with E-state index >= 15 is 0 Å². The number of aromatic nitrogens is 1. The number of hydrogen-bond donors (Lipinski definition) is 1. The molecule has 0 radical (unpaired) electrons. The van der Waals surface area contributed by atoms with Gasteiger partial charge in [0.15, 0.2) is 0 Å². The normalized spacial score (nSPS) is 15.7. The smallest absolute Gasteiger partial charge is 0.361 e. The Morgan fingerprint density at radius 2 is 1.93 bits per heavy atom. The topological polar surface area (TPSA) is 36.1 Å². The zero-order valence-corrected chi connectivity index (χ0v) is 14.8. The molecule has 1 aliphatic rings. The molecule has 0 unspecified atom stereocenters. The standard InChI is InChI=1S/C21H19F3N2O/c1-13(15-3-2-4-17(11-15)21(22,23)24)26(18-7-8-18)20(27)16-6-5-14-9-10-25-19(14)12-16/h2-6,9-13,18,25H,7-8H2,1H3/t13-/m0/s1. The van der Waals surface area contributed by atoms with Crippen LogP contribution in [0.15, 0.2) is 54.7 Å². The fourth-order valence-electron chi connectivity index (χ4n) is 3.48. The van der Waals surface area contributed by atoms with Crippen molar-refractivity contribution in [3.05, 3.63) is 71.4 Å². The number of nitrogens with one attached hydrogen (secondary N) is 1. The fraction of sp³-hybridized carbons (Fsp3) is 0.286. The Hall–Kier alpha value is -2.76. The largest absolute Gasteiger partial charge is 0.416 e. The molecule has 1 aromatic heterocycles. The molecule has 2 aromatic carbocycles. The van der Waals surface area contributed by atoms with Crippen molar-refractivity contribution in [3.63, 3.8) is 0 Å². The Morgan fingerprint density at radius 3 is 2.63 bits per heavy atom. The molecule has 1 heterocycles. The first kappa shape index (κ1) is 17.6. The zero-order valence-electron chi connectivity index (χ0n) is 14.8. The first-order chi connectivity index (χ1) is 12.8. The van der Waals surface area contributed by atoms with Crippen LogP contribution in [0.3, 0.4) is 0 Å². The van der Waals surface area contributed by atoms with Gasteiger partial charge in [0.05, 0.1) is 11.6 Å². The van der Waals surface area contributed by atoms with Gasteiger partial charge in [0.2, 0.25) is 0 Å². The van der Waals surface area contributed by atoms with Crippen LogP contribution in [0.4, 0.5) is 13.2 Å². The predicted molar refractivity (Wildman–Crippen MR) is 97.3 cm³/mol. The summed E-state index contributed by atoms with van der Waals surface area (Å²) in [6.07, 6.45) is -0.842. The van der Waals surface area contributed by atoms with Gasteiger partial charge in [-0.2, -0.15) is 13.2 Å². The number of fused-ring (bicyclic) bond motifs is 1. The van der Waals surface area contributed by atoms with Crippen LogP contribution in [0.5, 0.6) is 0 Å². The van der Waals surface area contributed by atoms with E-state index in [1.165, 1.54) is 6.07 Å². The van der Waals surface area contributed by atoms with E-state index < -0.39 is 17.8 Å².